The Morgan fingerprint density at radius 3 is 2.76 bits per heavy atom. The van der Waals surface area contributed by atoms with E-state index in [1.54, 1.807) is 16.8 Å². The van der Waals surface area contributed by atoms with Crippen LogP contribution in [-0.2, 0) is 10.0 Å². The molecule has 1 saturated heterocycles. The molecule has 154 valence electrons. The molecule has 0 bridgehead atoms. The molecule has 11 heteroatoms. The van der Waals surface area contributed by atoms with Crippen molar-refractivity contribution in [2.45, 2.75) is 29.7 Å². The van der Waals surface area contributed by atoms with E-state index in [1.807, 2.05) is 12.1 Å². The average molecular weight is 436 g/mol. The minimum absolute atomic E-state index is 0.0288. The van der Waals surface area contributed by atoms with E-state index in [1.165, 1.54) is 16.6 Å². The van der Waals surface area contributed by atoms with Crippen LogP contribution in [0.1, 0.15) is 41.4 Å². The number of sulfonamides is 1. The second kappa shape index (κ2) is 7.75. The van der Waals surface area contributed by atoms with E-state index in [9.17, 15) is 18.3 Å². The maximum absolute atomic E-state index is 12.9. The number of aromatic nitrogens is 2. The number of hydrogen-bond acceptors (Lipinski definition) is 7. The van der Waals surface area contributed by atoms with Crippen LogP contribution in [0, 0.1) is 0 Å². The number of pyridine rings is 1. The van der Waals surface area contributed by atoms with Crippen molar-refractivity contribution in [2.75, 3.05) is 18.4 Å². The van der Waals surface area contributed by atoms with E-state index in [4.69, 9.17) is 5.73 Å². The van der Waals surface area contributed by atoms with E-state index in [2.05, 4.69) is 10.4 Å². The summed E-state index contributed by atoms with van der Waals surface area (Å²) in [6.07, 6.45) is 4.68. The number of nitrogens with two attached hydrogens (primary N) is 1. The summed E-state index contributed by atoms with van der Waals surface area (Å²) in [5.41, 5.74) is 6.67. The number of primary amides is 1. The van der Waals surface area contributed by atoms with E-state index in [0.717, 1.165) is 30.6 Å². The highest BCUT2D eigenvalue weighted by molar-refractivity contribution is 7.91. The van der Waals surface area contributed by atoms with Gasteiger partial charge in [-0.3, -0.25) is 4.79 Å². The highest BCUT2D eigenvalue weighted by Gasteiger charge is 2.30. The second-order valence-electron chi connectivity index (χ2n) is 6.81. The number of anilines is 1. The maximum atomic E-state index is 12.9. The SMILES string of the molecule is NC(=O)c1cc(S(=O)(=O)N2CCCCC2)sc1NC(O)c1cnn2ccccc12. The first kappa shape index (κ1) is 19.8. The van der Waals surface area contributed by atoms with Crippen molar-refractivity contribution >= 4 is 37.8 Å². The van der Waals surface area contributed by atoms with E-state index < -0.39 is 22.2 Å². The van der Waals surface area contributed by atoms with Gasteiger partial charge in [-0.1, -0.05) is 12.5 Å². The summed E-state index contributed by atoms with van der Waals surface area (Å²) in [5.74, 6) is -0.768. The quantitative estimate of drug-likeness (QED) is 0.506. The van der Waals surface area contributed by atoms with E-state index in [0.29, 0.717) is 24.2 Å². The van der Waals surface area contributed by atoms with Gasteiger partial charge in [0.1, 0.15) is 9.21 Å². The van der Waals surface area contributed by atoms with Crippen molar-refractivity contribution in [3.05, 3.63) is 47.8 Å². The molecule has 0 saturated carbocycles. The molecule has 0 spiro atoms. The van der Waals surface area contributed by atoms with Crippen molar-refractivity contribution in [1.29, 1.82) is 0 Å². The summed E-state index contributed by atoms with van der Waals surface area (Å²) in [6, 6.07) is 6.70. The lowest BCUT2D eigenvalue weighted by atomic mass is 10.2. The number of carbonyl (C=O) groups excluding carboxylic acids is 1. The minimum atomic E-state index is -3.72. The first-order valence-electron chi connectivity index (χ1n) is 9.18. The molecule has 4 rings (SSSR count). The van der Waals surface area contributed by atoms with E-state index in [-0.39, 0.29) is 14.8 Å². The zero-order valence-corrected chi connectivity index (χ0v) is 17.1. The number of rotatable bonds is 6. The highest BCUT2D eigenvalue weighted by atomic mass is 32.2. The number of aliphatic hydroxyl groups excluding tert-OH is 1. The van der Waals surface area contributed by atoms with Crippen LogP contribution < -0.4 is 11.1 Å². The van der Waals surface area contributed by atoms with Gasteiger partial charge in [0.05, 0.1) is 17.3 Å². The molecule has 0 aliphatic carbocycles. The van der Waals surface area contributed by atoms with Crippen LogP contribution in [0.2, 0.25) is 0 Å². The van der Waals surface area contributed by atoms with Crippen molar-refractivity contribution in [1.82, 2.24) is 13.9 Å². The van der Waals surface area contributed by atoms with Gasteiger partial charge in [-0.05, 0) is 31.0 Å². The normalized spacial score (nSPS) is 16.7. The Morgan fingerprint density at radius 2 is 2.03 bits per heavy atom. The summed E-state index contributed by atoms with van der Waals surface area (Å²) in [4.78, 5) is 11.9. The Hall–Kier alpha value is -2.47. The summed E-state index contributed by atoms with van der Waals surface area (Å²) >= 11 is 0.891. The first-order valence-corrected chi connectivity index (χ1v) is 11.4. The third-order valence-corrected chi connectivity index (χ3v) is 8.32. The summed E-state index contributed by atoms with van der Waals surface area (Å²) < 4.78 is 29.0. The highest BCUT2D eigenvalue weighted by Crippen LogP contribution is 2.36. The third-order valence-electron chi connectivity index (χ3n) is 4.90. The van der Waals surface area contributed by atoms with Gasteiger partial charge in [-0.25, -0.2) is 12.9 Å². The van der Waals surface area contributed by atoms with Crippen LogP contribution >= 0.6 is 11.3 Å². The Morgan fingerprint density at radius 1 is 1.28 bits per heavy atom. The molecule has 0 radical (unpaired) electrons. The standard InChI is InChI=1S/C18H21N5O4S2/c19-16(24)12-10-15(29(26,27)22-7-3-1-4-8-22)28-18(12)21-17(25)13-11-20-23-9-5-2-6-14(13)23/h2,5-6,9-11,17,21,25H,1,3-4,7-8H2,(H2,19,24). The van der Waals surface area contributed by atoms with Crippen molar-refractivity contribution in [3.8, 4) is 0 Å². The Balaban J connectivity index is 1.66. The molecule has 0 aromatic carbocycles. The Labute approximate surface area is 171 Å². The predicted octanol–water partition coefficient (Wildman–Crippen LogP) is 1.77. The molecule has 9 nitrogen and oxygen atoms in total. The lowest BCUT2D eigenvalue weighted by Crippen LogP contribution is -2.35. The van der Waals surface area contributed by atoms with Gasteiger partial charge >= 0.3 is 0 Å². The predicted molar refractivity (Wildman–Crippen MR) is 109 cm³/mol. The van der Waals surface area contributed by atoms with Gasteiger partial charge in [0, 0.05) is 24.8 Å². The van der Waals surface area contributed by atoms with E-state index >= 15 is 0 Å². The number of carbonyl (C=O) groups is 1. The van der Waals surface area contributed by atoms with Gasteiger partial charge < -0.3 is 16.2 Å². The maximum Gasteiger partial charge on any atom is 0.252 e. The molecular weight excluding hydrogens is 414 g/mol. The number of hydrogen-bond donors (Lipinski definition) is 3. The van der Waals surface area contributed by atoms with Crippen molar-refractivity contribution in [2.24, 2.45) is 5.73 Å². The lowest BCUT2D eigenvalue weighted by molar-refractivity contribution is 0.100. The molecule has 4 heterocycles. The number of fused-ring (bicyclic) bond motifs is 1. The molecule has 4 N–H and O–H groups in total. The zero-order valence-electron chi connectivity index (χ0n) is 15.5. The molecule has 1 atom stereocenters. The number of nitrogens with zero attached hydrogens (tertiary/aromatic N) is 3. The Kier molecular flexibility index (Phi) is 5.30. The fourth-order valence-electron chi connectivity index (χ4n) is 3.39. The first-order chi connectivity index (χ1) is 13.9. The third kappa shape index (κ3) is 3.73. The van der Waals surface area contributed by atoms with Crippen LogP contribution in [-0.4, -0.2) is 46.4 Å². The van der Waals surface area contributed by atoms with Gasteiger partial charge in [0.15, 0.2) is 6.23 Å². The molecular formula is C18H21N5O4S2. The summed E-state index contributed by atoms with van der Waals surface area (Å²) in [5, 5.41) is 17.9. The van der Waals surface area contributed by atoms with Crippen LogP contribution in [0.4, 0.5) is 5.00 Å². The molecule has 1 aliphatic heterocycles. The van der Waals surface area contributed by atoms with Crippen molar-refractivity contribution < 1.29 is 18.3 Å². The van der Waals surface area contributed by atoms with Gasteiger partial charge in [-0.15, -0.1) is 11.3 Å². The van der Waals surface area contributed by atoms with Crippen LogP contribution in [0.15, 0.2) is 40.9 Å². The number of thiophene rings is 1. The number of nitrogens with one attached hydrogen (secondary N) is 1. The number of piperidine rings is 1. The molecule has 1 unspecified atom stereocenters. The van der Waals surface area contributed by atoms with Crippen LogP contribution in [0.25, 0.3) is 5.52 Å². The summed E-state index contributed by atoms with van der Waals surface area (Å²) in [6.45, 7) is 0.917. The van der Waals surface area contributed by atoms with Crippen LogP contribution in [0.5, 0.6) is 0 Å². The molecule has 1 aliphatic rings. The minimum Gasteiger partial charge on any atom is -0.369 e. The average Bonchev–Trinajstić information content (AvgIpc) is 3.33. The van der Waals surface area contributed by atoms with Gasteiger partial charge in [0.25, 0.3) is 15.9 Å². The molecule has 3 aromatic rings. The number of aliphatic hydroxyl groups is 1. The Bertz CT molecular complexity index is 1150. The van der Waals surface area contributed by atoms with Crippen molar-refractivity contribution in [3.63, 3.8) is 0 Å². The molecule has 1 fully saturated rings. The molecule has 1 amide bonds. The fraction of sp³-hybridized carbons (Fsp3) is 0.333. The summed E-state index contributed by atoms with van der Waals surface area (Å²) in [7, 11) is -3.72. The largest absolute Gasteiger partial charge is 0.369 e. The molecule has 29 heavy (non-hydrogen) atoms. The smallest absolute Gasteiger partial charge is 0.252 e. The fourth-order valence-corrected chi connectivity index (χ4v) is 6.45. The van der Waals surface area contributed by atoms with Gasteiger partial charge in [0.2, 0.25) is 0 Å². The number of amides is 1. The van der Waals surface area contributed by atoms with Crippen LogP contribution in [0.3, 0.4) is 0 Å². The zero-order chi connectivity index (χ0) is 20.6. The van der Waals surface area contributed by atoms with Gasteiger partial charge in [-0.2, -0.15) is 9.40 Å². The molecule has 3 aromatic heterocycles. The topological polar surface area (TPSA) is 130 Å². The lowest BCUT2D eigenvalue weighted by Gasteiger charge is -2.25. The second-order valence-corrected chi connectivity index (χ2v) is 10.0. The monoisotopic (exact) mass is 435 g/mol.